The summed E-state index contributed by atoms with van der Waals surface area (Å²) in [5.74, 6) is 0. The van der Waals surface area contributed by atoms with Crippen LogP contribution < -0.4 is 5.43 Å². The van der Waals surface area contributed by atoms with Crippen LogP contribution in [0, 0.1) is 11.3 Å². The van der Waals surface area contributed by atoms with E-state index in [-0.39, 0.29) is 5.43 Å². The summed E-state index contributed by atoms with van der Waals surface area (Å²) in [4.78, 5) is 14.5. The van der Waals surface area contributed by atoms with Crippen molar-refractivity contribution in [2.45, 2.75) is 12.2 Å². The van der Waals surface area contributed by atoms with Crippen molar-refractivity contribution in [3.05, 3.63) is 46.2 Å². The average molecular weight is 230 g/mol. The summed E-state index contributed by atoms with van der Waals surface area (Å²) in [6, 6.07) is 7.57. The molecule has 0 saturated heterocycles. The number of hydrogen-bond donors (Lipinski definition) is 3. The number of aliphatic hydroxyl groups excluding tert-OH is 2. The molecule has 1 aromatic heterocycles. The minimum absolute atomic E-state index is 0.181. The summed E-state index contributed by atoms with van der Waals surface area (Å²) in [7, 11) is 0. The Morgan fingerprint density at radius 2 is 2.06 bits per heavy atom. The molecule has 1 heterocycles. The lowest BCUT2D eigenvalue weighted by atomic mass is 10.0. The predicted octanol–water partition coefficient (Wildman–Crippen LogP) is 0.446. The van der Waals surface area contributed by atoms with Gasteiger partial charge in [-0.1, -0.05) is 6.07 Å². The van der Waals surface area contributed by atoms with Gasteiger partial charge < -0.3 is 15.2 Å². The van der Waals surface area contributed by atoms with Crippen molar-refractivity contribution in [2.75, 3.05) is 0 Å². The van der Waals surface area contributed by atoms with E-state index in [1.54, 1.807) is 18.2 Å². The molecule has 3 N–H and O–H groups in total. The molecular weight excluding hydrogens is 220 g/mol. The number of aliphatic hydroxyl groups is 2. The van der Waals surface area contributed by atoms with E-state index in [0.717, 1.165) is 0 Å². The fraction of sp³-hybridized carbons (Fsp3) is 0.167. The Kier molecular flexibility index (Phi) is 2.91. The van der Waals surface area contributed by atoms with Gasteiger partial charge >= 0.3 is 0 Å². The monoisotopic (exact) mass is 230 g/mol. The first-order valence-electron chi connectivity index (χ1n) is 5.00. The second-order valence-electron chi connectivity index (χ2n) is 3.67. The first kappa shape index (κ1) is 11.3. The van der Waals surface area contributed by atoms with Crippen LogP contribution in [0.3, 0.4) is 0 Å². The van der Waals surface area contributed by atoms with E-state index < -0.39 is 12.2 Å². The molecule has 0 aliphatic heterocycles. The number of nitrogens with zero attached hydrogens (tertiary/aromatic N) is 1. The van der Waals surface area contributed by atoms with Gasteiger partial charge in [0.2, 0.25) is 0 Å². The van der Waals surface area contributed by atoms with E-state index in [1.807, 2.05) is 0 Å². The number of rotatable bonds is 2. The van der Waals surface area contributed by atoms with Gasteiger partial charge in [0.15, 0.2) is 11.5 Å². The van der Waals surface area contributed by atoms with E-state index in [0.29, 0.717) is 16.5 Å². The number of hydrogen-bond acceptors (Lipinski definition) is 4. The van der Waals surface area contributed by atoms with Gasteiger partial charge in [-0.15, -0.1) is 0 Å². The first-order chi connectivity index (χ1) is 8.13. The zero-order chi connectivity index (χ0) is 12.4. The van der Waals surface area contributed by atoms with Crippen LogP contribution in [0.5, 0.6) is 0 Å². The Hall–Kier alpha value is -2.16. The van der Waals surface area contributed by atoms with Crippen molar-refractivity contribution in [1.29, 1.82) is 5.26 Å². The molecular formula is C12H10N2O3. The van der Waals surface area contributed by atoms with Crippen molar-refractivity contribution in [1.82, 2.24) is 4.98 Å². The topological polar surface area (TPSA) is 97.1 Å². The van der Waals surface area contributed by atoms with Gasteiger partial charge in [0.1, 0.15) is 6.10 Å². The summed E-state index contributed by atoms with van der Waals surface area (Å²) in [5, 5.41) is 27.8. The average Bonchev–Trinajstić information content (AvgIpc) is 2.37. The third-order valence-electron chi connectivity index (χ3n) is 2.56. The van der Waals surface area contributed by atoms with Crippen molar-refractivity contribution in [2.24, 2.45) is 0 Å². The third-order valence-corrected chi connectivity index (χ3v) is 2.56. The molecule has 5 nitrogen and oxygen atoms in total. The van der Waals surface area contributed by atoms with E-state index in [9.17, 15) is 15.0 Å². The maximum Gasteiger partial charge on any atom is 0.189 e. The molecule has 17 heavy (non-hydrogen) atoms. The lowest BCUT2D eigenvalue weighted by Gasteiger charge is -2.12. The molecule has 86 valence electrons. The summed E-state index contributed by atoms with van der Waals surface area (Å²) in [5.41, 5.74) is 0.794. The van der Waals surface area contributed by atoms with Crippen molar-refractivity contribution < 1.29 is 10.2 Å². The smallest absolute Gasteiger partial charge is 0.189 e. The number of fused-ring (bicyclic) bond motifs is 1. The molecule has 0 amide bonds. The number of benzene rings is 1. The Morgan fingerprint density at radius 1 is 1.29 bits per heavy atom. The summed E-state index contributed by atoms with van der Waals surface area (Å²) >= 11 is 0. The van der Waals surface area contributed by atoms with Gasteiger partial charge in [-0.3, -0.25) is 4.79 Å². The van der Waals surface area contributed by atoms with Gasteiger partial charge in [-0.2, -0.15) is 5.26 Å². The SMILES string of the molecule is N#CC(O)C(O)c1ccc2[nH]ccc(=O)c2c1. The maximum atomic E-state index is 11.6. The van der Waals surface area contributed by atoms with Crippen LogP contribution in [-0.2, 0) is 0 Å². The Labute approximate surface area is 96.6 Å². The highest BCUT2D eigenvalue weighted by Crippen LogP contribution is 2.19. The predicted molar refractivity (Wildman–Crippen MR) is 61.1 cm³/mol. The zero-order valence-electron chi connectivity index (χ0n) is 8.79. The molecule has 2 unspecified atom stereocenters. The molecule has 0 bridgehead atoms. The van der Waals surface area contributed by atoms with Gasteiger partial charge in [-0.05, 0) is 17.7 Å². The minimum Gasteiger partial charge on any atom is -0.385 e. The quantitative estimate of drug-likeness (QED) is 0.652. The Bertz CT molecular complexity index is 642. The van der Waals surface area contributed by atoms with Crippen molar-refractivity contribution >= 4 is 10.9 Å². The summed E-state index contributed by atoms with van der Waals surface area (Å²) < 4.78 is 0. The van der Waals surface area contributed by atoms with E-state index in [4.69, 9.17) is 5.26 Å². The van der Waals surface area contributed by atoms with Crippen LogP contribution in [0.4, 0.5) is 0 Å². The molecule has 2 rings (SSSR count). The number of pyridine rings is 1. The number of nitrogens with one attached hydrogen (secondary N) is 1. The normalized spacial score (nSPS) is 14.2. The number of aromatic nitrogens is 1. The van der Waals surface area contributed by atoms with Crippen LogP contribution in [0.2, 0.25) is 0 Å². The fourth-order valence-corrected chi connectivity index (χ4v) is 1.63. The van der Waals surface area contributed by atoms with E-state index in [2.05, 4.69) is 4.98 Å². The van der Waals surface area contributed by atoms with Crippen LogP contribution in [-0.4, -0.2) is 21.3 Å². The highest BCUT2D eigenvalue weighted by atomic mass is 16.3. The van der Waals surface area contributed by atoms with Crippen LogP contribution >= 0.6 is 0 Å². The lowest BCUT2D eigenvalue weighted by Crippen LogP contribution is -2.16. The molecule has 2 aromatic rings. The highest BCUT2D eigenvalue weighted by Gasteiger charge is 2.18. The molecule has 0 fully saturated rings. The summed E-state index contributed by atoms with van der Waals surface area (Å²) in [6.07, 6.45) is -1.29. The van der Waals surface area contributed by atoms with Gasteiger partial charge in [-0.25, -0.2) is 0 Å². The standard InChI is InChI=1S/C12H10N2O3/c13-6-11(16)12(17)7-1-2-9-8(5-7)10(15)3-4-14-9/h1-5,11-12,16-17H,(H,14,15). The lowest BCUT2D eigenvalue weighted by molar-refractivity contribution is 0.0529. The molecule has 2 atom stereocenters. The minimum atomic E-state index is -1.50. The maximum absolute atomic E-state index is 11.6. The van der Waals surface area contributed by atoms with Crippen LogP contribution in [0.1, 0.15) is 11.7 Å². The van der Waals surface area contributed by atoms with E-state index >= 15 is 0 Å². The number of aromatic amines is 1. The van der Waals surface area contributed by atoms with Crippen molar-refractivity contribution in [3.63, 3.8) is 0 Å². The Morgan fingerprint density at radius 3 is 2.76 bits per heavy atom. The molecule has 0 aliphatic rings. The van der Waals surface area contributed by atoms with Gasteiger partial charge in [0, 0.05) is 23.2 Å². The fourth-order valence-electron chi connectivity index (χ4n) is 1.63. The van der Waals surface area contributed by atoms with Gasteiger partial charge in [0.05, 0.1) is 6.07 Å². The van der Waals surface area contributed by atoms with E-state index in [1.165, 1.54) is 18.3 Å². The zero-order valence-corrected chi connectivity index (χ0v) is 8.79. The molecule has 1 aromatic carbocycles. The molecule has 0 spiro atoms. The van der Waals surface area contributed by atoms with Crippen LogP contribution in [0.25, 0.3) is 10.9 Å². The molecule has 5 heteroatoms. The van der Waals surface area contributed by atoms with Gasteiger partial charge in [0.25, 0.3) is 0 Å². The molecule has 0 radical (unpaired) electrons. The summed E-state index contributed by atoms with van der Waals surface area (Å²) in [6.45, 7) is 0. The largest absolute Gasteiger partial charge is 0.385 e. The molecule has 0 aliphatic carbocycles. The Balaban J connectivity index is 2.56. The highest BCUT2D eigenvalue weighted by molar-refractivity contribution is 5.78. The first-order valence-corrected chi connectivity index (χ1v) is 5.00. The third kappa shape index (κ3) is 2.04. The second kappa shape index (κ2) is 4.37. The van der Waals surface area contributed by atoms with Crippen molar-refractivity contribution in [3.8, 4) is 6.07 Å². The second-order valence-corrected chi connectivity index (χ2v) is 3.67. The number of nitriles is 1. The molecule has 0 saturated carbocycles. The number of H-pyrrole nitrogens is 1. The van der Waals surface area contributed by atoms with Crippen LogP contribution in [0.15, 0.2) is 35.3 Å².